The average Bonchev–Trinajstić information content (AvgIpc) is 2.63. The van der Waals surface area contributed by atoms with E-state index in [0.29, 0.717) is 6.04 Å². The lowest BCUT2D eigenvalue weighted by Crippen LogP contribution is -2.30. The molecule has 2 N–H and O–H groups in total. The van der Waals surface area contributed by atoms with Crippen molar-refractivity contribution in [1.82, 2.24) is 20.4 Å². The number of aryl methyl sites for hydroxylation is 1. The van der Waals surface area contributed by atoms with Gasteiger partial charge in [-0.2, -0.15) is 5.10 Å². The first kappa shape index (κ1) is 12.6. The van der Waals surface area contributed by atoms with Crippen molar-refractivity contribution in [1.29, 1.82) is 0 Å². The summed E-state index contributed by atoms with van der Waals surface area (Å²) >= 11 is 0. The van der Waals surface area contributed by atoms with Crippen LogP contribution in [0.15, 0.2) is 6.20 Å². The number of aromatic nitrogens is 2. The molecule has 0 amide bonds. The molecule has 0 aliphatic carbocycles. The summed E-state index contributed by atoms with van der Waals surface area (Å²) in [5, 5.41) is 10.7. The molecule has 1 saturated heterocycles. The molecule has 0 saturated carbocycles. The Morgan fingerprint density at radius 1 is 1.47 bits per heavy atom. The van der Waals surface area contributed by atoms with Crippen molar-refractivity contribution in [2.45, 2.75) is 45.7 Å². The molecule has 2 rings (SSSR count). The molecule has 1 unspecified atom stereocenters. The van der Waals surface area contributed by atoms with Crippen LogP contribution in [0.4, 0.5) is 0 Å². The third-order valence-corrected chi connectivity index (χ3v) is 3.78. The summed E-state index contributed by atoms with van der Waals surface area (Å²) in [6.07, 6.45) is 5.81. The van der Waals surface area contributed by atoms with Crippen molar-refractivity contribution in [2.24, 2.45) is 0 Å². The van der Waals surface area contributed by atoms with Gasteiger partial charge in [-0.3, -0.25) is 5.10 Å². The Hall–Kier alpha value is -0.870. The first-order valence-corrected chi connectivity index (χ1v) is 6.74. The normalized spacial score (nSPS) is 22.6. The maximum Gasteiger partial charge on any atom is 0.0535 e. The van der Waals surface area contributed by atoms with Crippen LogP contribution < -0.4 is 5.32 Å². The van der Waals surface area contributed by atoms with E-state index in [-0.39, 0.29) is 0 Å². The smallest absolute Gasteiger partial charge is 0.0535 e. The molecular weight excluding hydrogens is 212 g/mol. The topological polar surface area (TPSA) is 44.0 Å². The Bertz CT molecular complexity index is 334. The molecule has 17 heavy (non-hydrogen) atoms. The molecule has 1 aliphatic rings. The monoisotopic (exact) mass is 236 g/mol. The lowest BCUT2D eigenvalue weighted by molar-refractivity contribution is 0.297. The number of H-pyrrole nitrogens is 1. The van der Waals surface area contributed by atoms with E-state index in [2.05, 4.69) is 34.3 Å². The zero-order chi connectivity index (χ0) is 12.1. The predicted molar refractivity (Wildman–Crippen MR) is 69.9 cm³/mol. The summed E-state index contributed by atoms with van der Waals surface area (Å²) in [5.41, 5.74) is 2.47. The highest BCUT2D eigenvalue weighted by Gasteiger charge is 2.15. The molecular formula is C13H24N4. The second-order valence-electron chi connectivity index (χ2n) is 4.96. The molecule has 0 bridgehead atoms. The second-order valence-corrected chi connectivity index (χ2v) is 4.96. The second kappa shape index (κ2) is 6.17. The van der Waals surface area contributed by atoms with Gasteiger partial charge in [0.05, 0.1) is 6.20 Å². The first-order chi connectivity index (χ1) is 8.29. The van der Waals surface area contributed by atoms with Gasteiger partial charge in [0.1, 0.15) is 0 Å². The van der Waals surface area contributed by atoms with Gasteiger partial charge >= 0.3 is 0 Å². The van der Waals surface area contributed by atoms with E-state index >= 15 is 0 Å². The van der Waals surface area contributed by atoms with Gasteiger partial charge in [-0.25, -0.2) is 0 Å². The maximum atomic E-state index is 4.06. The first-order valence-electron chi connectivity index (χ1n) is 6.74. The van der Waals surface area contributed by atoms with Gasteiger partial charge in [0, 0.05) is 23.8 Å². The minimum absolute atomic E-state index is 0.667. The minimum Gasteiger partial charge on any atom is -0.310 e. The zero-order valence-corrected chi connectivity index (χ0v) is 11.0. The van der Waals surface area contributed by atoms with E-state index < -0.39 is 0 Å². The van der Waals surface area contributed by atoms with Gasteiger partial charge < -0.3 is 10.2 Å². The number of nitrogens with one attached hydrogen (secondary N) is 2. The number of likely N-dealkylation sites (tertiary alicyclic amines) is 1. The van der Waals surface area contributed by atoms with Crippen molar-refractivity contribution in [3.63, 3.8) is 0 Å². The van der Waals surface area contributed by atoms with E-state index in [0.717, 1.165) is 6.54 Å². The molecule has 1 aromatic rings. The summed E-state index contributed by atoms with van der Waals surface area (Å²) in [5.74, 6) is 0. The highest BCUT2D eigenvalue weighted by Crippen LogP contribution is 2.12. The van der Waals surface area contributed by atoms with Crippen molar-refractivity contribution in [3.05, 3.63) is 17.5 Å². The quantitative estimate of drug-likeness (QED) is 0.836. The fourth-order valence-corrected chi connectivity index (χ4v) is 2.48. The summed E-state index contributed by atoms with van der Waals surface area (Å²) in [6.45, 7) is 8.96. The van der Waals surface area contributed by atoms with Gasteiger partial charge in [0.15, 0.2) is 0 Å². The third kappa shape index (κ3) is 3.54. The largest absolute Gasteiger partial charge is 0.310 e. The van der Waals surface area contributed by atoms with Gasteiger partial charge in [0.25, 0.3) is 0 Å². The molecule has 0 aromatic carbocycles. The fraction of sp³-hybridized carbons (Fsp3) is 0.769. The van der Waals surface area contributed by atoms with E-state index in [9.17, 15) is 0 Å². The lowest BCUT2D eigenvalue weighted by Gasteiger charge is -2.18. The fourth-order valence-electron chi connectivity index (χ4n) is 2.48. The van der Waals surface area contributed by atoms with Gasteiger partial charge in [-0.05, 0) is 45.8 Å². The van der Waals surface area contributed by atoms with Gasteiger partial charge in [0.2, 0.25) is 0 Å². The molecule has 0 spiro atoms. The van der Waals surface area contributed by atoms with Crippen molar-refractivity contribution in [2.75, 3.05) is 19.6 Å². The molecule has 96 valence electrons. The molecule has 0 radical (unpaired) electrons. The molecule has 1 aliphatic heterocycles. The summed E-state index contributed by atoms with van der Waals surface area (Å²) < 4.78 is 0. The van der Waals surface area contributed by atoms with Crippen molar-refractivity contribution < 1.29 is 0 Å². The predicted octanol–water partition coefficient (Wildman–Crippen LogP) is 1.68. The summed E-state index contributed by atoms with van der Waals surface area (Å²) in [6, 6.07) is 0.667. The van der Waals surface area contributed by atoms with E-state index in [1.54, 1.807) is 0 Å². The summed E-state index contributed by atoms with van der Waals surface area (Å²) in [7, 11) is 0. The van der Waals surface area contributed by atoms with Crippen LogP contribution in [0.2, 0.25) is 0 Å². The number of hydrogen-bond donors (Lipinski definition) is 2. The molecule has 2 heterocycles. The third-order valence-electron chi connectivity index (χ3n) is 3.78. The van der Waals surface area contributed by atoms with Crippen LogP contribution in [-0.2, 0) is 6.54 Å². The van der Waals surface area contributed by atoms with Crippen LogP contribution in [-0.4, -0.2) is 40.8 Å². The van der Waals surface area contributed by atoms with Crippen molar-refractivity contribution in [3.8, 4) is 0 Å². The number of rotatable bonds is 4. The Labute approximate surface area is 104 Å². The van der Waals surface area contributed by atoms with Crippen LogP contribution >= 0.6 is 0 Å². The van der Waals surface area contributed by atoms with Crippen LogP contribution in [0.3, 0.4) is 0 Å². The average molecular weight is 236 g/mol. The van der Waals surface area contributed by atoms with Crippen LogP contribution in [0, 0.1) is 6.92 Å². The van der Waals surface area contributed by atoms with E-state index in [1.807, 2.05) is 6.20 Å². The Morgan fingerprint density at radius 3 is 3.06 bits per heavy atom. The van der Waals surface area contributed by atoms with Crippen molar-refractivity contribution >= 4 is 0 Å². The van der Waals surface area contributed by atoms with E-state index in [1.165, 1.54) is 50.2 Å². The molecule has 1 atom stereocenters. The highest BCUT2D eigenvalue weighted by atomic mass is 15.1. The molecule has 1 fully saturated rings. The SMILES string of the molecule is CCN1CCCC(NCc2cn[nH]c2C)CC1. The van der Waals surface area contributed by atoms with Crippen LogP contribution in [0.1, 0.15) is 37.4 Å². The Kier molecular flexibility index (Phi) is 4.57. The van der Waals surface area contributed by atoms with Crippen LogP contribution in [0.5, 0.6) is 0 Å². The summed E-state index contributed by atoms with van der Waals surface area (Å²) in [4.78, 5) is 2.55. The maximum absolute atomic E-state index is 4.06. The number of hydrogen-bond acceptors (Lipinski definition) is 3. The molecule has 4 nitrogen and oxygen atoms in total. The molecule has 1 aromatic heterocycles. The Morgan fingerprint density at radius 2 is 2.35 bits per heavy atom. The zero-order valence-electron chi connectivity index (χ0n) is 11.0. The van der Waals surface area contributed by atoms with Crippen LogP contribution in [0.25, 0.3) is 0 Å². The number of aromatic amines is 1. The molecule has 4 heteroatoms. The van der Waals surface area contributed by atoms with Gasteiger partial charge in [-0.15, -0.1) is 0 Å². The lowest BCUT2D eigenvalue weighted by atomic mass is 10.1. The number of nitrogens with zero attached hydrogens (tertiary/aromatic N) is 2. The van der Waals surface area contributed by atoms with Gasteiger partial charge in [-0.1, -0.05) is 6.92 Å². The standard InChI is InChI=1S/C13H24N4/c1-3-17-7-4-5-13(6-8-17)14-9-12-10-15-16-11(12)2/h10,13-14H,3-9H2,1-2H3,(H,15,16). The minimum atomic E-state index is 0.667. The Balaban J connectivity index is 1.78. The highest BCUT2D eigenvalue weighted by molar-refractivity contribution is 5.13. The van der Waals surface area contributed by atoms with E-state index in [4.69, 9.17) is 0 Å².